The Hall–Kier alpha value is -6.28. The molecule has 57 heavy (non-hydrogen) atoms. The van der Waals surface area contributed by atoms with E-state index in [2.05, 4.69) is 10.4 Å². The molecule has 0 spiro atoms. The Kier molecular flexibility index (Phi) is 14.4. The lowest BCUT2D eigenvalue weighted by Crippen LogP contribution is -2.56. The Balaban J connectivity index is 1.87. The first-order valence-electron chi connectivity index (χ1n) is 18.1. The fourth-order valence-electron chi connectivity index (χ4n) is 6.55. The number of ether oxygens (including phenoxy) is 4. The van der Waals surface area contributed by atoms with Gasteiger partial charge in [-0.05, 0) is 35.4 Å². The summed E-state index contributed by atoms with van der Waals surface area (Å²) in [4.78, 5) is 68.4. The van der Waals surface area contributed by atoms with Crippen LogP contribution in [-0.4, -0.2) is 66.7 Å². The predicted octanol–water partition coefficient (Wildman–Crippen LogP) is 7.33. The van der Waals surface area contributed by atoms with E-state index in [1.807, 2.05) is 54.4 Å². The summed E-state index contributed by atoms with van der Waals surface area (Å²) in [6, 6.07) is 36.3. The van der Waals surface area contributed by atoms with Gasteiger partial charge in [-0.15, -0.1) is 0 Å². The normalized spacial score (nSPS) is 17.9. The number of thioether (sulfide) groups is 1. The van der Waals surface area contributed by atoms with Crippen molar-refractivity contribution in [3.63, 3.8) is 0 Å². The Morgan fingerprint density at radius 1 is 0.702 bits per heavy atom. The Labute approximate surface area is 335 Å². The first kappa shape index (κ1) is 41.9. The van der Waals surface area contributed by atoms with Crippen molar-refractivity contribution in [2.24, 2.45) is 16.1 Å². The van der Waals surface area contributed by atoms with Gasteiger partial charge in [0, 0.05) is 47.0 Å². The third-order valence-electron chi connectivity index (χ3n) is 8.81. The van der Waals surface area contributed by atoms with Crippen LogP contribution in [0.4, 0.5) is 11.4 Å². The molecular weight excluding hydrogens is 749 g/mol. The Morgan fingerprint density at radius 2 is 1.25 bits per heavy atom. The summed E-state index contributed by atoms with van der Waals surface area (Å²) < 4.78 is 21.3. The van der Waals surface area contributed by atoms with E-state index in [4.69, 9.17) is 24.1 Å². The number of amides is 1. The summed E-state index contributed by atoms with van der Waals surface area (Å²) >= 11 is 1.17. The van der Waals surface area contributed by atoms with E-state index in [0.29, 0.717) is 28.5 Å². The van der Waals surface area contributed by atoms with Gasteiger partial charge >= 0.3 is 23.9 Å². The summed E-state index contributed by atoms with van der Waals surface area (Å²) in [5.41, 5.74) is 2.58. The average Bonchev–Trinajstić information content (AvgIpc) is 3.54. The summed E-state index contributed by atoms with van der Waals surface area (Å²) in [5, 5.41) is 13.0. The molecule has 13 nitrogen and oxygen atoms in total. The lowest BCUT2D eigenvalue weighted by Gasteiger charge is -2.41. The van der Waals surface area contributed by atoms with Crippen molar-refractivity contribution in [3.05, 3.63) is 143 Å². The van der Waals surface area contributed by atoms with Gasteiger partial charge in [0.15, 0.2) is 18.3 Å². The van der Waals surface area contributed by atoms with E-state index in [0.717, 1.165) is 26.3 Å². The van der Waals surface area contributed by atoms with E-state index in [-0.39, 0.29) is 5.70 Å². The van der Waals surface area contributed by atoms with Crippen LogP contribution in [0.3, 0.4) is 0 Å². The van der Waals surface area contributed by atoms with Gasteiger partial charge in [-0.25, -0.2) is 0 Å². The van der Waals surface area contributed by atoms with Gasteiger partial charge in [-0.2, -0.15) is 10.2 Å². The number of para-hydroxylation sites is 1. The quantitative estimate of drug-likeness (QED) is 0.0687. The highest BCUT2D eigenvalue weighted by molar-refractivity contribution is 8.04. The molecule has 1 aliphatic heterocycles. The third kappa shape index (κ3) is 10.7. The number of hydrogen-bond acceptors (Lipinski definition) is 13. The van der Waals surface area contributed by atoms with E-state index >= 15 is 4.79 Å². The monoisotopic (exact) mass is 792 g/mol. The summed E-state index contributed by atoms with van der Waals surface area (Å²) in [5.74, 6) is -5.01. The van der Waals surface area contributed by atoms with Gasteiger partial charge in [-0.1, -0.05) is 109 Å². The Morgan fingerprint density at radius 3 is 1.81 bits per heavy atom. The molecule has 0 aromatic heterocycles. The number of hydrogen-bond donors (Lipinski definition) is 1. The molecule has 1 heterocycles. The molecule has 4 aromatic rings. The molecule has 0 radical (unpaired) electrons. The van der Waals surface area contributed by atoms with Crippen LogP contribution in [0.15, 0.2) is 142 Å². The van der Waals surface area contributed by atoms with Crippen molar-refractivity contribution in [1.82, 2.24) is 4.90 Å². The zero-order valence-corrected chi connectivity index (χ0v) is 33.0. The predicted molar refractivity (Wildman–Crippen MR) is 213 cm³/mol. The largest absolute Gasteiger partial charge is 0.462 e. The number of nitrogens with one attached hydrogen (secondary N) is 1. The molecule has 296 valence electrons. The first-order chi connectivity index (χ1) is 27.4. The third-order valence-corrected chi connectivity index (χ3v) is 10.5. The number of nitrogens with zero attached hydrogens (tertiary/aromatic N) is 3. The summed E-state index contributed by atoms with van der Waals surface area (Å²) in [6.07, 6.45) is -4.77. The standard InChI is InChI=1S/C43H44N4O9S/c1-28(48)53-27-36(54-29(2)49)39(55-30(3)50)40(56-31(4)51)37-38(46-45-35-24-16-9-17-25-35)41(47(5)26-32-18-10-6-11-19-32)57-43(37,33-20-12-7-13-21-33)42(52)44-34-22-14-8-15-23-34/h6-25,36-37,39-40H,26-27H2,1-5H3,(H,44,52)/t36-,37-,39+,40-,43+/m1/s1. The smallest absolute Gasteiger partial charge is 0.303 e. The number of anilines is 1. The first-order valence-corrected chi connectivity index (χ1v) is 18.9. The maximum atomic E-state index is 15.4. The number of carbonyl (C=O) groups excluding carboxylic acids is 5. The molecule has 0 unspecified atom stereocenters. The minimum Gasteiger partial charge on any atom is -0.462 e. The molecule has 5 rings (SSSR count). The molecule has 1 amide bonds. The van der Waals surface area contributed by atoms with E-state index in [9.17, 15) is 19.2 Å². The minimum absolute atomic E-state index is 0.201. The lowest BCUT2D eigenvalue weighted by atomic mass is 9.76. The average molecular weight is 793 g/mol. The van der Waals surface area contributed by atoms with Crippen LogP contribution in [0.5, 0.6) is 0 Å². The minimum atomic E-state index is -1.75. The van der Waals surface area contributed by atoms with Crippen molar-refractivity contribution in [1.29, 1.82) is 0 Å². The van der Waals surface area contributed by atoms with Crippen LogP contribution in [0.1, 0.15) is 38.8 Å². The van der Waals surface area contributed by atoms with Gasteiger partial charge in [0.1, 0.15) is 17.1 Å². The van der Waals surface area contributed by atoms with Crippen molar-refractivity contribution < 1.29 is 42.9 Å². The van der Waals surface area contributed by atoms with Gasteiger partial charge in [0.25, 0.3) is 0 Å². The van der Waals surface area contributed by atoms with Crippen LogP contribution in [0.2, 0.25) is 0 Å². The van der Waals surface area contributed by atoms with Crippen molar-refractivity contribution in [3.8, 4) is 0 Å². The highest BCUT2D eigenvalue weighted by Crippen LogP contribution is 2.60. The molecular formula is C43H44N4O9S. The topological polar surface area (TPSA) is 162 Å². The Bertz CT molecular complexity index is 2080. The maximum Gasteiger partial charge on any atom is 0.303 e. The summed E-state index contributed by atoms with van der Waals surface area (Å²) in [6.45, 7) is 4.38. The van der Waals surface area contributed by atoms with Crippen LogP contribution in [-0.2, 0) is 54.2 Å². The van der Waals surface area contributed by atoms with Crippen molar-refractivity contribution in [2.75, 3.05) is 19.0 Å². The summed E-state index contributed by atoms with van der Waals surface area (Å²) in [7, 11) is 1.84. The molecule has 0 saturated carbocycles. The van der Waals surface area contributed by atoms with Crippen LogP contribution < -0.4 is 5.32 Å². The SMILES string of the molecule is CC(=O)OC[C@@H](OC(C)=O)[C@H](OC(C)=O)[C@H](OC(C)=O)[C@H]1C(N=Nc2ccccc2)=C(N(C)Cc2ccccc2)S[C@@]1(C(=O)Nc1ccccc1)c1ccccc1. The highest BCUT2D eigenvalue weighted by Gasteiger charge is 2.63. The fourth-order valence-corrected chi connectivity index (χ4v) is 8.12. The fraction of sp³-hybridized carbons (Fsp3) is 0.279. The van der Waals surface area contributed by atoms with Gasteiger partial charge in [-0.3, -0.25) is 24.0 Å². The van der Waals surface area contributed by atoms with Gasteiger partial charge < -0.3 is 29.2 Å². The molecule has 1 aliphatic rings. The molecule has 0 bridgehead atoms. The number of rotatable bonds is 16. The molecule has 5 atom stereocenters. The molecule has 1 N–H and O–H groups in total. The second-order valence-corrected chi connectivity index (χ2v) is 14.4. The van der Waals surface area contributed by atoms with Gasteiger partial charge in [0.05, 0.1) is 16.6 Å². The number of azo groups is 1. The van der Waals surface area contributed by atoms with Gasteiger partial charge in [0.2, 0.25) is 5.91 Å². The molecule has 0 saturated heterocycles. The molecule has 14 heteroatoms. The number of esters is 4. The highest BCUT2D eigenvalue weighted by atomic mass is 32.2. The second-order valence-electron chi connectivity index (χ2n) is 13.2. The van der Waals surface area contributed by atoms with E-state index in [1.54, 1.807) is 78.9 Å². The number of carbonyl (C=O) groups is 5. The molecule has 0 fully saturated rings. The van der Waals surface area contributed by atoms with E-state index < -0.39 is 65.4 Å². The van der Waals surface area contributed by atoms with Crippen molar-refractivity contribution >= 4 is 52.9 Å². The maximum absolute atomic E-state index is 15.4. The zero-order chi connectivity index (χ0) is 41.0. The molecule has 0 aliphatic carbocycles. The lowest BCUT2D eigenvalue weighted by molar-refractivity contribution is -0.193. The van der Waals surface area contributed by atoms with E-state index in [1.165, 1.54) is 18.7 Å². The number of benzene rings is 4. The van der Waals surface area contributed by atoms with Crippen molar-refractivity contribution in [2.45, 2.75) is 57.3 Å². The van der Waals surface area contributed by atoms with Crippen LogP contribution in [0, 0.1) is 5.92 Å². The van der Waals surface area contributed by atoms with Crippen LogP contribution >= 0.6 is 11.8 Å². The van der Waals surface area contributed by atoms with Crippen LogP contribution in [0.25, 0.3) is 0 Å². The second kappa shape index (κ2) is 19.5. The zero-order valence-electron chi connectivity index (χ0n) is 32.2. The molecule has 4 aromatic carbocycles.